The molecular formula is C22H28N2O4S. The van der Waals surface area contributed by atoms with Crippen molar-refractivity contribution in [1.29, 1.82) is 0 Å². The van der Waals surface area contributed by atoms with Gasteiger partial charge >= 0.3 is 0 Å². The van der Waals surface area contributed by atoms with E-state index in [0.29, 0.717) is 31.7 Å². The highest BCUT2D eigenvalue weighted by Crippen LogP contribution is 2.30. The number of nitrogens with zero attached hydrogens (tertiary/aromatic N) is 1. The summed E-state index contributed by atoms with van der Waals surface area (Å²) >= 11 is 0. The van der Waals surface area contributed by atoms with Crippen LogP contribution in [0.2, 0.25) is 0 Å². The van der Waals surface area contributed by atoms with E-state index >= 15 is 0 Å². The quantitative estimate of drug-likeness (QED) is 0.785. The van der Waals surface area contributed by atoms with Crippen LogP contribution in [0.15, 0.2) is 47.4 Å². The molecule has 1 aliphatic rings. The number of amides is 1. The lowest BCUT2D eigenvalue weighted by Gasteiger charge is -2.31. The number of piperidine rings is 1. The number of hydrogen-bond acceptors (Lipinski definition) is 4. The van der Waals surface area contributed by atoms with E-state index in [4.69, 9.17) is 4.74 Å². The van der Waals surface area contributed by atoms with Gasteiger partial charge in [-0.1, -0.05) is 35.9 Å². The van der Waals surface area contributed by atoms with Gasteiger partial charge in [0.1, 0.15) is 10.6 Å². The molecular weight excluding hydrogens is 388 g/mol. The number of methoxy groups -OCH3 is 1. The zero-order chi connectivity index (χ0) is 21.0. The fourth-order valence-corrected chi connectivity index (χ4v) is 5.42. The molecule has 3 rings (SSSR count). The Morgan fingerprint density at radius 1 is 1.17 bits per heavy atom. The highest BCUT2D eigenvalue weighted by Gasteiger charge is 2.34. The van der Waals surface area contributed by atoms with Crippen molar-refractivity contribution in [2.24, 2.45) is 5.92 Å². The predicted molar refractivity (Wildman–Crippen MR) is 112 cm³/mol. The van der Waals surface area contributed by atoms with Crippen LogP contribution in [-0.2, 0) is 21.4 Å². The molecule has 1 N–H and O–H groups in total. The average Bonchev–Trinajstić information content (AvgIpc) is 2.72. The molecule has 1 fully saturated rings. The maximum atomic E-state index is 13.2. The zero-order valence-electron chi connectivity index (χ0n) is 17.1. The van der Waals surface area contributed by atoms with Crippen molar-refractivity contribution >= 4 is 15.9 Å². The number of carbonyl (C=O) groups excluding carboxylic acids is 1. The molecule has 2 aromatic rings. The lowest BCUT2D eigenvalue weighted by molar-refractivity contribution is -0.126. The van der Waals surface area contributed by atoms with Crippen LogP contribution in [0.3, 0.4) is 0 Å². The highest BCUT2D eigenvalue weighted by molar-refractivity contribution is 7.89. The first-order chi connectivity index (χ1) is 13.8. The average molecular weight is 417 g/mol. The topological polar surface area (TPSA) is 75.7 Å². The maximum Gasteiger partial charge on any atom is 0.246 e. The van der Waals surface area contributed by atoms with E-state index < -0.39 is 10.0 Å². The Hall–Kier alpha value is -2.38. The Morgan fingerprint density at radius 3 is 2.66 bits per heavy atom. The van der Waals surface area contributed by atoms with Crippen LogP contribution in [-0.4, -0.2) is 38.8 Å². The van der Waals surface area contributed by atoms with Gasteiger partial charge in [0.15, 0.2) is 0 Å². The van der Waals surface area contributed by atoms with Gasteiger partial charge in [0, 0.05) is 19.6 Å². The van der Waals surface area contributed by atoms with E-state index in [1.807, 2.05) is 44.2 Å². The van der Waals surface area contributed by atoms with Gasteiger partial charge in [0.2, 0.25) is 15.9 Å². The third kappa shape index (κ3) is 4.97. The van der Waals surface area contributed by atoms with Gasteiger partial charge in [-0.15, -0.1) is 0 Å². The van der Waals surface area contributed by atoms with Crippen LogP contribution in [0.5, 0.6) is 5.75 Å². The summed E-state index contributed by atoms with van der Waals surface area (Å²) in [4.78, 5) is 12.8. The Bertz CT molecular complexity index is 988. The minimum absolute atomic E-state index is 0.109. The summed E-state index contributed by atoms with van der Waals surface area (Å²) in [6, 6.07) is 13.1. The third-order valence-corrected chi connectivity index (χ3v) is 7.13. The number of benzene rings is 2. The smallest absolute Gasteiger partial charge is 0.246 e. The molecule has 0 aliphatic carbocycles. The number of aryl methyl sites for hydroxylation is 2. The predicted octanol–water partition coefficient (Wildman–Crippen LogP) is 3.03. The fraction of sp³-hybridized carbons (Fsp3) is 0.409. The Balaban J connectivity index is 1.71. The maximum absolute atomic E-state index is 13.2. The summed E-state index contributed by atoms with van der Waals surface area (Å²) in [5.41, 5.74) is 3.01. The summed E-state index contributed by atoms with van der Waals surface area (Å²) in [6.07, 6.45) is 1.33. The number of carbonyl (C=O) groups is 1. The third-order valence-electron chi connectivity index (χ3n) is 5.24. The molecule has 1 heterocycles. The number of sulfonamides is 1. The number of rotatable bonds is 6. The summed E-state index contributed by atoms with van der Waals surface area (Å²) in [5, 5.41) is 2.95. The van der Waals surface area contributed by atoms with Crippen molar-refractivity contribution in [3.05, 3.63) is 59.2 Å². The van der Waals surface area contributed by atoms with Gasteiger partial charge in [-0.2, -0.15) is 4.31 Å². The first-order valence-electron chi connectivity index (χ1n) is 9.79. The highest BCUT2D eigenvalue weighted by atomic mass is 32.2. The van der Waals surface area contributed by atoms with E-state index in [1.165, 1.54) is 11.4 Å². The summed E-state index contributed by atoms with van der Waals surface area (Å²) in [5.74, 6) is -0.150. The van der Waals surface area contributed by atoms with Crippen molar-refractivity contribution < 1.29 is 17.9 Å². The fourth-order valence-electron chi connectivity index (χ4n) is 3.65. The molecule has 1 atom stereocenters. The van der Waals surface area contributed by atoms with Gasteiger partial charge < -0.3 is 10.1 Å². The monoisotopic (exact) mass is 416 g/mol. The standard InChI is InChI=1S/C22H28N2O4S/c1-16-6-4-7-18(12-16)14-23-22(25)19-8-5-11-24(15-19)29(26,27)21-13-17(2)9-10-20(21)28-3/h4,6-7,9-10,12-13,19H,5,8,11,14-15H2,1-3H3,(H,23,25)/t19-/m0/s1. The first-order valence-corrected chi connectivity index (χ1v) is 11.2. The van der Waals surface area contributed by atoms with E-state index in [9.17, 15) is 13.2 Å². The molecule has 1 saturated heterocycles. The lowest BCUT2D eigenvalue weighted by Crippen LogP contribution is -2.45. The van der Waals surface area contributed by atoms with Gasteiger partial charge in [-0.3, -0.25) is 4.79 Å². The van der Waals surface area contributed by atoms with Crippen molar-refractivity contribution in [3.63, 3.8) is 0 Å². The Morgan fingerprint density at radius 2 is 1.93 bits per heavy atom. The van der Waals surface area contributed by atoms with Crippen molar-refractivity contribution in [3.8, 4) is 5.75 Å². The second-order valence-electron chi connectivity index (χ2n) is 7.56. The van der Waals surface area contributed by atoms with E-state index in [2.05, 4.69) is 5.32 Å². The summed E-state index contributed by atoms with van der Waals surface area (Å²) in [6.45, 7) is 4.88. The molecule has 0 saturated carbocycles. The largest absolute Gasteiger partial charge is 0.495 e. The summed E-state index contributed by atoms with van der Waals surface area (Å²) in [7, 11) is -2.28. The number of hydrogen-bond donors (Lipinski definition) is 1. The Labute approximate surface area is 172 Å². The molecule has 0 radical (unpaired) electrons. The van der Waals surface area contributed by atoms with Crippen molar-refractivity contribution in [1.82, 2.24) is 9.62 Å². The van der Waals surface area contributed by atoms with Crippen LogP contribution in [0.4, 0.5) is 0 Å². The summed E-state index contributed by atoms with van der Waals surface area (Å²) < 4.78 is 33.1. The van der Waals surface area contributed by atoms with Gasteiger partial charge in [0.05, 0.1) is 13.0 Å². The van der Waals surface area contributed by atoms with Crippen molar-refractivity contribution in [2.75, 3.05) is 20.2 Å². The van der Waals surface area contributed by atoms with E-state index in [-0.39, 0.29) is 23.3 Å². The molecule has 29 heavy (non-hydrogen) atoms. The van der Waals surface area contributed by atoms with E-state index in [0.717, 1.165) is 16.7 Å². The zero-order valence-corrected chi connectivity index (χ0v) is 18.0. The van der Waals surface area contributed by atoms with Crippen LogP contribution in [0.1, 0.15) is 29.5 Å². The minimum atomic E-state index is -3.74. The van der Waals surface area contributed by atoms with Gasteiger partial charge in [-0.05, 0) is 49.9 Å². The molecule has 0 bridgehead atoms. The molecule has 7 heteroatoms. The number of ether oxygens (including phenoxy) is 1. The molecule has 2 aromatic carbocycles. The van der Waals surface area contributed by atoms with Gasteiger partial charge in [0.25, 0.3) is 0 Å². The van der Waals surface area contributed by atoms with E-state index in [1.54, 1.807) is 12.1 Å². The molecule has 0 unspecified atom stereocenters. The van der Waals surface area contributed by atoms with Crippen LogP contribution in [0.25, 0.3) is 0 Å². The lowest BCUT2D eigenvalue weighted by atomic mass is 9.98. The molecule has 1 amide bonds. The van der Waals surface area contributed by atoms with Gasteiger partial charge in [-0.25, -0.2) is 8.42 Å². The minimum Gasteiger partial charge on any atom is -0.495 e. The second kappa shape index (κ2) is 8.97. The molecule has 6 nitrogen and oxygen atoms in total. The Kier molecular flexibility index (Phi) is 6.59. The molecule has 156 valence electrons. The normalized spacial score (nSPS) is 17.7. The second-order valence-corrected chi connectivity index (χ2v) is 9.47. The van der Waals surface area contributed by atoms with Crippen molar-refractivity contribution in [2.45, 2.75) is 38.1 Å². The van der Waals surface area contributed by atoms with Crippen LogP contribution < -0.4 is 10.1 Å². The van der Waals surface area contributed by atoms with Crippen LogP contribution in [0, 0.1) is 19.8 Å². The molecule has 0 aromatic heterocycles. The first kappa shape index (κ1) is 21.3. The SMILES string of the molecule is COc1ccc(C)cc1S(=O)(=O)N1CCC[C@H](C(=O)NCc2cccc(C)c2)C1. The molecule has 1 aliphatic heterocycles. The molecule has 0 spiro atoms. The van der Waals surface area contributed by atoms with Crippen LogP contribution >= 0.6 is 0 Å². The number of nitrogens with one attached hydrogen (secondary N) is 1.